The molecule has 0 radical (unpaired) electrons. The Morgan fingerprint density at radius 1 is 0.742 bits per heavy atom. The van der Waals surface area contributed by atoms with Crippen molar-refractivity contribution in [2.45, 2.75) is 92.2 Å². The van der Waals surface area contributed by atoms with Crippen LogP contribution in [0.5, 0.6) is 0 Å². The van der Waals surface area contributed by atoms with Crippen molar-refractivity contribution in [2.75, 3.05) is 6.61 Å². The van der Waals surface area contributed by atoms with Crippen molar-refractivity contribution in [1.29, 1.82) is 0 Å². The smallest absolute Gasteiger partial charge is 0.183 e. The molecule has 31 heavy (non-hydrogen) atoms. The zero-order valence-corrected chi connectivity index (χ0v) is 21.9. The van der Waals surface area contributed by atoms with Crippen LogP contribution in [0.15, 0.2) is 36.4 Å². The van der Waals surface area contributed by atoms with Gasteiger partial charge >= 0.3 is 0 Å². The van der Waals surface area contributed by atoms with E-state index in [4.69, 9.17) is 4.43 Å². The molecular weight excluding hydrogens is 394 g/mol. The van der Waals surface area contributed by atoms with Gasteiger partial charge in [0.15, 0.2) is 8.32 Å². The summed E-state index contributed by atoms with van der Waals surface area (Å²) in [5.74, 6) is 0.636. The lowest BCUT2D eigenvalue weighted by molar-refractivity contribution is 0.0593. The first-order valence-electron chi connectivity index (χ1n) is 12.1. The number of aryl methyl sites for hydroxylation is 4. The fraction of sp³-hybridized carbons (Fsp3) is 0.571. The van der Waals surface area contributed by atoms with E-state index in [2.05, 4.69) is 88.6 Å². The molecule has 2 nitrogen and oxygen atoms in total. The molecule has 0 amide bonds. The standard InChI is InChI=1S/C28H43NOSi/c1-21-12-22(2)15-25(14-21)18-29(19-26-16-23(3)13-24(4)17-26)28-11-9-8-10-27(28)20-30-31(5,6)7/h12-17,27-28H,8-11,18-20H2,1-7H3/t27-,28+/m0/s1. The van der Waals surface area contributed by atoms with Gasteiger partial charge in [0.05, 0.1) is 0 Å². The third-order valence-electron chi connectivity index (χ3n) is 6.40. The predicted molar refractivity (Wildman–Crippen MR) is 136 cm³/mol. The zero-order valence-electron chi connectivity index (χ0n) is 20.9. The Kier molecular flexibility index (Phi) is 8.18. The highest BCUT2D eigenvalue weighted by Gasteiger charge is 2.32. The summed E-state index contributed by atoms with van der Waals surface area (Å²) in [6, 6.07) is 14.6. The molecule has 1 aliphatic carbocycles. The summed E-state index contributed by atoms with van der Waals surface area (Å²) in [5.41, 5.74) is 8.34. The molecule has 0 unspecified atom stereocenters. The summed E-state index contributed by atoms with van der Waals surface area (Å²) in [5, 5.41) is 0. The minimum absolute atomic E-state index is 0.590. The number of hydrogen-bond acceptors (Lipinski definition) is 2. The number of hydrogen-bond donors (Lipinski definition) is 0. The first-order valence-corrected chi connectivity index (χ1v) is 15.5. The molecule has 0 spiro atoms. The van der Waals surface area contributed by atoms with Gasteiger partial charge in [-0.15, -0.1) is 0 Å². The average Bonchev–Trinajstić information content (AvgIpc) is 2.64. The van der Waals surface area contributed by atoms with Crippen LogP contribution in [0.2, 0.25) is 19.6 Å². The van der Waals surface area contributed by atoms with Crippen LogP contribution in [0.4, 0.5) is 0 Å². The van der Waals surface area contributed by atoms with E-state index >= 15 is 0 Å². The van der Waals surface area contributed by atoms with Crippen molar-refractivity contribution in [3.63, 3.8) is 0 Å². The summed E-state index contributed by atoms with van der Waals surface area (Å²) in [6.45, 7) is 18.8. The van der Waals surface area contributed by atoms with Crippen LogP contribution in [0.25, 0.3) is 0 Å². The van der Waals surface area contributed by atoms with Crippen LogP contribution in [0.3, 0.4) is 0 Å². The van der Waals surface area contributed by atoms with Crippen LogP contribution >= 0.6 is 0 Å². The summed E-state index contributed by atoms with van der Waals surface area (Å²) >= 11 is 0. The highest BCUT2D eigenvalue weighted by atomic mass is 28.4. The zero-order chi connectivity index (χ0) is 22.6. The third kappa shape index (κ3) is 7.59. The van der Waals surface area contributed by atoms with Crippen LogP contribution in [0, 0.1) is 33.6 Å². The molecule has 1 fully saturated rings. The topological polar surface area (TPSA) is 12.5 Å². The predicted octanol–water partition coefficient (Wildman–Crippen LogP) is 7.33. The van der Waals surface area contributed by atoms with Gasteiger partial charge in [0.25, 0.3) is 0 Å². The van der Waals surface area contributed by atoms with E-state index in [9.17, 15) is 0 Å². The van der Waals surface area contributed by atoms with Gasteiger partial charge in [0.1, 0.15) is 0 Å². The average molecular weight is 438 g/mol. The number of nitrogens with zero attached hydrogens (tertiary/aromatic N) is 1. The van der Waals surface area contributed by atoms with Crippen molar-refractivity contribution in [3.05, 3.63) is 69.8 Å². The molecule has 0 aliphatic heterocycles. The van der Waals surface area contributed by atoms with Crippen LogP contribution in [-0.4, -0.2) is 25.9 Å². The summed E-state index contributed by atoms with van der Waals surface area (Å²) in [6.07, 6.45) is 5.27. The van der Waals surface area contributed by atoms with Crippen LogP contribution in [-0.2, 0) is 17.5 Å². The molecule has 0 heterocycles. The molecule has 0 N–H and O–H groups in total. The summed E-state index contributed by atoms with van der Waals surface area (Å²) < 4.78 is 6.44. The number of benzene rings is 2. The molecule has 2 aromatic rings. The van der Waals surface area contributed by atoms with E-state index < -0.39 is 8.32 Å². The Hall–Kier alpha value is -1.42. The molecule has 170 valence electrons. The van der Waals surface area contributed by atoms with E-state index in [0.717, 1.165) is 19.7 Å². The molecule has 0 saturated heterocycles. The lowest BCUT2D eigenvalue weighted by Gasteiger charge is -2.41. The van der Waals surface area contributed by atoms with E-state index in [1.807, 2.05) is 0 Å². The Balaban J connectivity index is 1.88. The largest absolute Gasteiger partial charge is 0.417 e. The quantitative estimate of drug-likeness (QED) is 0.401. The van der Waals surface area contributed by atoms with Crippen LogP contribution in [0.1, 0.15) is 59.1 Å². The highest BCUT2D eigenvalue weighted by molar-refractivity contribution is 6.69. The highest BCUT2D eigenvalue weighted by Crippen LogP contribution is 2.32. The molecule has 0 bridgehead atoms. The molecule has 2 aromatic carbocycles. The maximum Gasteiger partial charge on any atom is 0.183 e. The van der Waals surface area contributed by atoms with E-state index in [0.29, 0.717) is 12.0 Å². The Morgan fingerprint density at radius 2 is 1.19 bits per heavy atom. The second-order valence-corrected chi connectivity index (χ2v) is 15.4. The van der Waals surface area contributed by atoms with E-state index in [-0.39, 0.29) is 0 Å². The fourth-order valence-corrected chi connectivity index (χ4v) is 6.01. The van der Waals surface area contributed by atoms with Gasteiger partial charge in [0, 0.05) is 25.7 Å². The monoisotopic (exact) mass is 437 g/mol. The lowest BCUT2D eigenvalue weighted by Crippen LogP contribution is -2.44. The lowest BCUT2D eigenvalue weighted by atomic mass is 9.83. The minimum Gasteiger partial charge on any atom is -0.417 e. The molecular formula is C28H43NOSi. The van der Waals surface area contributed by atoms with Gasteiger partial charge in [-0.2, -0.15) is 0 Å². The summed E-state index contributed by atoms with van der Waals surface area (Å²) in [7, 11) is -1.50. The normalized spacial score (nSPS) is 19.7. The van der Waals surface area contributed by atoms with Gasteiger partial charge in [-0.3, -0.25) is 4.90 Å². The molecule has 0 aromatic heterocycles. The third-order valence-corrected chi connectivity index (χ3v) is 7.44. The van der Waals surface area contributed by atoms with Crippen molar-refractivity contribution in [1.82, 2.24) is 4.90 Å². The van der Waals surface area contributed by atoms with Crippen molar-refractivity contribution in [2.24, 2.45) is 5.92 Å². The van der Waals surface area contributed by atoms with Crippen molar-refractivity contribution < 1.29 is 4.43 Å². The summed E-state index contributed by atoms with van der Waals surface area (Å²) in [4.78, 5) is 2.76. The fourth-order valence-electron chi connectivity index (χ4n) is 5.30. The molecule has 3 rings (SSSR count). The van der Waals surface area contributed by atoms with Crippen LogP contribution < -0.4 is 0 Å². The second-order valence-electron chi connectivity index (χ2n) is 10.9. The van der Waals surface area contributed by atoms with E-state index in [1.54, 1.807) is 0 Å². The second kappa shape index (κ2) is 10.5. The van der Waals surface area contributed by atoms with Gasteiger partial charge in [-0.1, -0.05) is 71.5 Å². The minimum atomic E-state index is -1.50. The Morgan fingerprint density at radius 3 is 1.65 bits per heavy atom. The first-order chi connectivity index (χ1) is 14.6. The first kappa shape index (κ1) is 24.2. The van der Waals surface area contributed by atoms with Crippen molar-refractivity contribution in [3.8, 4) is 0 Å². The Bertz CT molecular complexity index is 776. The van der Waals surface area contributed by atoms with Crippen molar-refractivity contribution >= 4 is 8.32 Å². The number of rotatable bonds is 8. The Labute approximate surface area is 192 Å². The van der Waals surface area contributed by atoms with Gasteiger partial charge in [0.2, 0.25) is 0 Å². The maximum atomic E-state index is 6.44. The molecule has 3 heteroatoms. The molecule has 2 atom stereocenters. The molecule has 1 saturated carbocycles. The van der Waals surface area contributed by atoms with Gasteiger partial charge < -0.3 is 4.43 Å². The van der Waals surface area contributed by atoms with Gasteiger partial charge in [-0.25, -0.2) is 0 Å². The van der Waals surface area contributed by atoms with E-state index in [1.165, 1.54) is 59.1 Å². The van der Waals surface area contributed by atoms with Gasteiger partial charge in [-0.05, 0) is 77.2 Å². The maximum absolute atomic E-state index is 6.44. The SMILES string of the molecule is Cc1cc(C)cc(CN(Cc2cc(C)cc(C)c2)[C@@H]2CCCC[C@H]2CO[Si](C)(C)C)c1. The molecule has 1 aliphatic rings.